The monoisotopic (exact) mass is 284 g/mol. The molecule has 0 atom stereocenters. The van der Waals surface area contributed by atoms with E-state index >= 15 is 0 Å². The first-order valence-corrected chi connectivity index (χ1v) is 5.94. The number of hydrogen-bond acceptors (Lipinski definition) is 2. The lowest BCUT2D eigenvalue weighted by molar-refractivity contribution is 0.259. The van der Waals surface area contributed by atoms with Gasteiger partial charge in [-0.1, -0.05) is 29.8 Å². The highest BCUT2D eigenvalue weighted by atomic mass is 35.5. The van der Waals surface area contributed by atoms with Crippen LogP contribution in [0.5, 0.6) is 5.75 Å². The predicted octanol–water partition coefficient (Wildman–Crippen LogP) is 3.69. The molecule has 0 aliphatic rings. The summed E-state index contributed by atoms with van der Waals surface area (Å²) in [6, 6.07) is 8.51. The first-order valence-electron chi connectivity index (χ1n) is 5.57. The number of benzene rings is 2. The van der Waals surface area contributed by atoms with Crippen molar-refractivity contribution in [2.24, 2.45) is 0 Å². The number of ether oxygens (including phenoxy) is 1. The van der Waals surface area contributed by atoms with E-state index in [1.54, 1.807) is 18.2 Å². The predicted molar refractivity (Wildman–Crippen MR) is 68.1 cm³/mol. The zero-order chi connectivity index (χ0) is 13.8. The molecule has 19 heavy (non-hydrogen) atoms. The zero-order valence-corrected chi connectivity index (χ0v) is 10.6. The number of para-hydroxylation sites is 1. The fourth-order valence-corrected chi connectivity index (χ4v) is 1.87. The molecule has 0 aliphatic carbocycles. The van der Waals surface area contributed by atoms with E-state index in [9.17, 15) is 13.9 Å². The molecule has 1 N–H and O–H groups in total. The Morgan fingerprint density at radius 2 is 1.89 bits per heavy atom. The molecule has 2 rings (SSSR count). The highest BCUT2D eigenvalue weighted by Crippen LogP contribution is 2.29. The molecule has 0 aliphatic heterocycles. The minimum atomic E-state index is -0.928. The van der Waals surface area contributed by atoms with Crippen LogP contribution in [0.25, 0.3) is 0 Å². The van der Waals surface area contributed by atoms with E-state index in [1.807, 2.05) is 0 Å². The van der Waals surface area contributed by atoms with Crippen molar-refractivity contribution in [3.8, 4) is 5.75 Å². The van der Waals surface area contributed by atoms with Crippen LogP contribution in [-0.4, -0.2) is 5.11 Å². The summed E-state index contributed by atoms with van der Waals surface area (Å²) in [7, 11) is 0. The number of hydrogen-bond donors (Lipinski definition) is 1. The summed E-state index contributed by atoms with van der Waals surface area (Å²) in [6.45, 7) is -0.179. The highest BCUT2D eigenvalue weighted by molar-refractivity contribution is 6.32. The molecule has 2 nitrogen and oxygen atoms in total. The summed E-state index contributed by atoms with van der Waals surface area (Å²) in [5.41, 5.74) is 1.01. The molecule has 0 saturated carbocycles. The van der Waals surface area contributed by atoms with Crippen LogP contribution in [0.3, 0.4) is 0 Å². The Bertz CT molecular complexity index is 588. The molecule has 0 radical (unpaired) electrons. The molecule has 2 aromatic rings. The van der Waals surface area contributed by atoms with Crippen LogP contribution >= 0.6 is 11.6 Å². The number of aliphatic hydroxyl groups is 1. The molecule has 0 bridgehead atoms. The van der Waals surface area contributed by atoms with Crippen molar-refractivity contribution >= 4 is 11.6 Å². The van der Waals surface area contributed by atoms with E-state index in [0.717, 1.165) is 12.1 Å². The van der Waals surface area contributed by atoms with Crippen LogP contribution in [0.15, 0.2) is 36.4 Å². The van der Waals surface area contributed by atoms with Crippen molar-refractivity contribution in [1.29, 1.82) is 0 Å². The molecule has 0 aromatic heterocycles. The van der Waals surface area contributed by atoms with Gasteiger partial charge >= 0.3 is 0 Å². The van der Waals surface area contributed by atoms with Crippen LogP contribution < -0.4 is 4.74 Å². The van der Waals surface area contributed by atoms with E-state index in [2.05, 4.69) is 0 Å². The fourth-order valence-electron chi connectivity index (χ4n) is 1.62. The van der Waals surface area contributed by atoms with Crippen molar-refractivity contribution < 1.29 is 18.6 Å². The summed E-state index contributed by atoms with van der Waals surface area (Å²) in [6.07, 6.45) is 0. The number of aliphatic hydroxyl groups excluding tert-OH is 1. The summed E-state index contributed by atoms with van der Waals surface area (Å²) < 4.78 is 31.3. The second-order valence-electron chi connectivity index (χ2n) is 3.92. The topological polar surface area (TPSA) is 29.5 Å². The maximum Gasteiger partial charge on any atom is 0.159 e. The quantitative estimate of drug-likeness (QED) is 0.928. The van der Waals surface area contributed by atoms with Crippen LogP contribution in [-0.2, 0) is 13.2 Å². The Balaban J connectivity index is 2.16. The second-order valence-corrected chi connectivity index (χ2v) is 4.33. The highest BCUT2D eigenvalue weighted by Gasteiger charge is 2.09. The SMILES string of the molecule is OCc1cccc(Cl)c1OCc1ccc(F)c(F)c1. The maximum absolute atomic E-state index is 13.0. The summed E-state index contributed by atoms with van der Waals surface area (Å²) in [4.78, 5) is 0. The molecule has 0 saturated heterocycles. The molecular weight excluding hydrogens is 274 g/mol. The van der Waals surface area contributed by atoms with Crippen molar-refractivity contribution in [3.05, 3.63) is 64.2 Å². The lowest BCUT2D eigenvalue weighted by Gasteiger charge is -2.12. The molecule has 0 amide bonds. The molecule has 100 valence electrons. The zero-order valence-electron chi connectivity index (χ0n) is 9.87. The van der Waals surface area contributed by atoms with Crippen molar-refractivity contribution in [1.82, 2.24) is 0 Å². The van der Waals surface area contributed by atoms with Gasteiger partial charge in [-0.25, -0.2) is 8.78 Å². The van der Waals surface area contributed by atoms with Crippen LogP contribution in [0.4, 0.5) is 8.78 Å². The van der Waals surface area contributed by atoms with Crippen LogP contribution in [0.2, 0.25) is 5.02 Å². The minimum Gasteiger partial charge on any atom is -0.487 e. The van der Waals surface area contributed by atoms with Gasteiger partial charge in [0.15, 0.2) is 11.6 Å². The first-order chi connectivity index (χ1) is 9.11. The standard InChI is InChI=1S/C14H11ClF2O2/c15-11-3-1-2-10(7-18)14(11)19-8-9-4-5-12(16)13(17)6-9/h1-6,18H,7-8H2. The van der Waals surface area contributed by atoms with E-state index in [-0.39, 0.29) is 13.2 Å². The minimum absolute atomic E-state index is 0.0356. The smallest absolute Gasteiger partial charge is 0.159 e. The maximum atomic E-state index is 13.0. The van der Waals surface area contributed by atoms with Gasteiger partial charge in [0, 0.05) is 5.56 Å². The van der Waals surface area contributed by atoms with Crippen molar-refractivity contribution in [3.63, 3.8) is 0 Å². The van der Waals surface area contributed by atoms with Gasteiger partial charge in [-0.15, -0.1) is 0 Å². The van der Waals surface area contributed by atoms with Gasteiger partial charge in [0.25, 0.3) is 0 Å². The third-order valence-corrected chi connectivity index (χ3v) is 2.88. The Morgan fingerprint density at radius 1 is 1.11 bits per heavy atom. The van der Waals surface area contributed by atoms with Crippen LogP contribution in [0, 0.1) is 11.6 Å². The van der Waals surface area contributed by atoms with Gasteiger partial charge in [0.2, 0.25) is 0 Å². The molecule has 0 fully saturated rings. The third-order valence-electron chi connectivity index (χ3n) is 2.59. The summed E-state index contributed by atoms with van der Waals surface area (Å²) in [5.74, 6) is -1.49. The Kier molecular flexibility index (Phi) is 4.35. The summed E-state index contributed by atoms with van der Waals surface area (Å²) >= 11 is 5.96. The van der Waals surface area contributed by atoms with Gasteiger partial charge in [0.05, 0.1) is 11.6 Å². The third kappa shape index (κ3) is 3.22. The second kappa shape index (κ2) is 5.99. The molecule has 0 unspecified atom stereocenters. The van der Waals surface area contributed by atoms with Gasteiger partial charge < -0.3 is 9.84 Å². The normalized spacial score (nSPS) is 10.5. The Labute approximate surface area is 114 Å². The molecule has 2 aromatic carbocycles. The molecule has 0 spiro atoms. The van der Waals surface area contributed by atoms with E-state index in [1.165, 1.54) is 6.07 Å². The lowest BCUT2D eigenvalue weighted by atomic mass is 10.2. The van der Waals surface area contributed by atoms with Gasteiger partial charge in [0.1, 0.15) is 12.4 Å². The largest absolute Gasteiger partial charge is 0.487 e. The molecule has 5 heteroatoms. The van der Waals surface area contributed by atoms with Gasteiger partial charge in [-0.3, -0.25) is 0 Å². The van der Waals surface area contributed by atoms with E-state index < -0.39 is 11.6 Å². The van der Waals surface area contributed by atoms with Gasteiger partial charge in [-0.2, -0.15) is 0 Å². The Morgan fingerprint density at radius 3 is 2.58 bits per heavy atom. The number of halogens is 3. The summed E-state index contributed by atoms with van der Waals surface area (Å²) in [5, 5.41) is 9.53. The lowest BCUT2D eigenvalue weighted by Crippen LogP contribution is -2.00. The van der Waals surface area contributed by atoms with Crippen molar-refractivity contribution in [2.75, 3.05) is 0 Å². The fraction of sp³-hybridized carbons (Fsp3) is 0.143. The van der Waals surface area contributed by atoms with Crippen molar-refractivity contribution in [2.45, 2.75) is 13.2 Å². The number of rotatable bonds is 4. The average Bonchev–Trinajstić information content (AvgIpc) is 2.41. The first kappa shape index (κ1) is 13.8. The average molecular weight is 285 g/mol. The Hall–Kier alpha value is -1.65. The van der Waals surface area contributed by atoms with Gasteiger partial charge in [-0.05, 0) is 23.8 Å². The molecular formula is C14H11ClF2O2. The van der Waals surface area contributed by atoms with Crippen LogP contribution in [0.1, 0.15) is 11.1 Å². The molecule has 0 heterocycles. The van der Waals surface area contributed by atoms with E-state index in [4.69, 9.17) is 16.3 Å². The van der Waals surface area contributed by atoms with E-state index in [0.29, 0.717) is 21.9 Å².